The third kappa shape index (κ3) is 3.06. The summed E-state index contributed by atoms with van der Waals surface area (Å²) in [6, 6.07) is 11.1. The van der Waals surface area contributed by atoms with Crippen molar-refractivity contribution in [2.45, 2.75) is 19.1 Å². The number of aromatic nitrogens is 4. The summed E-state index contributed by atoms with van der Waals surface area (Å²) in [5, 5.41) is 3.88. The van der Waals surface area contributed by atoms with E-state index in [1.807, 2.05) is 41.1 Å². The van der Waals surface area contributed by atoms with Gasteiger partial charge in [-0.15, -0.1) is 0 Å². The lowest BCUT2D eigenvalue weighted by Gasteiger charge is -2.46. The Balaban J connectivity index is 1.51. The molecule has 0 aliphatic carbocycles. The highest BCUT2D eigenvalue weighted by molar-refractivity contribution is 5.99. The number of nitrogens with zero attached hydrogens (tertiary/aromatic N) is 6. The molecule has 4 aromatic heterocycles. The van der Waals surface area contributed by atoms with Crippen LogP contribution in [0.5, 0.6) is 5.88 Å². The molecule has 1 atom stereocenters. The van der Waals surface area contributed by atoms with E-state index >= 15 is 0 Å². The van der Waals surface area contributed by atoms with Gasteiger partial charge in [-0.05, 0) is 31.2 Å². The molecule has 10 heteroatoms. The minimum Gasteiger partial charge on any atom is -0.481 e. The van der Waals surface area contributed by atoms with Crippen LogP contribution in [0.4, 0.5) is 0 Å². The van der Waals surface area contributed by atoms with Crippen molar-refractivity contribution in [3.05, 3.63) is 83.8 Å². The first-order valence-corrected chi connectivity index (χ1v) is 11.2. The molecule has 4 aromatic rings. The number of rotatable bonds is 4. The summed E-state index contributed by atoms with van der Waals surface area (Å²) in [4.78, 5) is 39.9. The zero-order valence-corrected chi connectivity index (χ0v) is 19.2. The summed E-state index contributed by atoms with van der Waals surface area (Å²) < 4.78 is 12.2. The average Bonchev–Trinajstić information content (AvgIpc) is 3.62. The third-order valence-corrected chi connectivity index (χ3v) is 6.79. The molecule has 0 saturated carbocycles. The predicted octanol–water partition coefficient (Wildman–Crippen LogP) is 2.71. The molecule has 0 spiro atoms. The number of amides is 2. The van der Waals surface area contributed by atoms with Crippen LogP contribution in [0.25, 0.3) is 11.3 Å². The highest BCUT2D eigenvalue weighted by Crippen LogP contribution is 2.44. The molecule has 0 N–H and O–H groups in total. The van der Waals surface area contributed by atoms with E-state index in [1.165, 1.54) is 6.26 Å². The van der Waals surface area contributed by atoms with Crippen LogP contribution in [-0.4, -0.2) is 61.5 Å². The highest BCUT2D eigenvalue weighted by Gasteiger charge is 2.56. The third-order valence-electron chi connectivity index (χ3n) is 6.79. The van der Waals surface area contributed by atoms with Gasteiger partial charge in [0, 0.05) is 48.9 Å². The summed E-state index contributed by atoms with van der Waals surface area (Å²) in [7, 11) is 1.54. The Morgan fingerprint density at radius 1 is 1.17 bits per heavy atom. The normalized spacial score (nSPS) is 19.0. The standard InChI is InChI=1S/C25H22N6O4/c1-16-19(14-35-28-16)23(32)30-9-10-31-24(33)21-11-17(20-5-3-4-8-26-20)13-29(21)15-25(30,31)18-6-7-22(34-2)27-12-18/h3-8,11-14H,9-10,15H2,1-2H3. The minimum absolute atomic E-state index is 0.161. The van der Waals surface area contributed by atoms with Gasteiger partial charge in [-0.1, -0.05) is 11.2 Å². The predicted molar refractivity (Wildman–Crippen MR) is 123 cm³/mol. The molecular formula is C25H22N6O4. The van der Waals surface area contributed by atoms with E-state index < -0.39 is 5.66 Å². The number of aryl methyl sites for hydroxylation is 1. The van der Waals surface area contributed by atoms with Crippen molar-refractivity contribution in [3.63, 3.8) is 0 Å². The Kier molecular flexibility index (Phi) is 4.70. The number of pyridine rings is 2. The monoisotopic (exact) mass is 470 g/mol. The van der Waals surface area contributed by atoms with Gasteiger partial charge >= 0.3 is 0 Å². The molecule has 6 heterocycles. The maximum absolute atomic E-state index is 13.8. The lowest BCUT2D eigenvalue weighted by molar-refractivity contribution is -0.00615. The van der Waals surface area contributed by atoms with Gasteiger partial charge in [0.2, 0.25) is 5.88 Å². The van der Waals surface area contributed by atoms with Gasteiger partial charge in [0.05, 0.1) is 25.0 Å². The van der Waals surface area contributed by atoms with E-state index in [4.69, 9.17) is 9.26 Å². The molecule has 10 nitrogen and oxygen atoms in total. The van der Waals surface area contributed by atoms with Gasteiger partial charge in [0.25, 0.3) is 11.8 Å². The molecular weight excluding hydrogens is 448 g/mol. The first-order valence-electron chi connectivity index (χ1n) is 11.2. The smallest absolute Gasteiger partial charge is 0.272 e. The Morgan fingerprint density at radius 3 is 2.74 bits per heavy atom. The number of carbonyl (C=O) groups excluding carboxylic acids is 2. The minimum atomic E-state index is -1.08. The SMILES string of the molecule is COc1ccc(C23Cn4cc(-c5ccccn5)cc4C(=O)N2CCN3C(=O)c2conc2C)cn1. The van der Waals surface area contributed by atoms with Crippen LogP contribution >= 0.6 is 0 Å². The van der Waals surface area contributed by atoms with E-state index in [-0.39, 0.29) is 11.8 Å². The van der Waals surface area contributed by atoms with E-state index in [9.17, 15) is 9.59 Å². The Morgan fingerprint density at radius 2 is 2.06 bits per heavy atom. The molecule has 2 aliphatic rings. The molecule has 0 bridgehead atoms. The first kappa shape index (κ1) is 21.1. The Hall–Kier alpha value is -4.47. The second-order valence-electron chi connectivity index (χ2n) is 8.59. The zero-order chi connectivity index (χ0) is 24.2. The van der Waals surface area contributed by atoms with E-state index in [0.29, 0.717) is 48.0 Å². The van der Waals surface area contributed by atoms with Crippen LogP contribution in [0.15, 0.2) is 65.8 Å². The average molecular weight is 470 g/mol. The van der Waals surface area contributed by atoms with Crippen molar-refractivity contribution in [2.24, 2.45) is 0 Å². The second kappa shape index (κ2) is 7.79. The number of carbonyl (C=O) groups is 2. The van der Waals surface area contributed by atoms with Crippen LogP contribution in [-0.2, 0) is 12.2 Å². The zero-order valence-electron chi connectivity index (χ0n) is 19.2. The quantitative estimate of drug-likeness (QED) is 0.451. The van der Waals surface area contributed by atoms with Gasteiger partial charge in [-0.25, -0.2) is 4.98 Å². The lowest BCUT2D eigenvalue weighted by Crippen LogP contribution is -2.60. The molecule has 0 aromatic carbocycles. The molecule has 0 radical (unpaired) electrons. The van der Waals surface area contributed by atoms with Crippen molar-refractivity contribution < 1.29 is 18.8 Å². The molecule has 2 aliphatic heterocycles. The van der Waals surface area contributed by atoms with Gasteiger partial charge in [-0.2, -0.15) is 0 Å². The lowest BCUT2D eigenvalue weighted by atomic mass is 9.95. The maximum atomic E-state index is 13.8. The van der Waals surface area contributed by atoms with Crippen molar-refractivity contribution in [3.8, 4) is 17.1 Å². The first-order chi connectivity index (χ1) is 17.0. The molecule has 1 unspecified atom stereocenters. The fraction of sp³-hybridized carbons (Fsp3) is 0.240. The molecule has 35 heavy (non-hydrogen) atoms. The summed E-state index contributed by atoms with van der Waals surface area (Å²) in [5.74, 6) is 0.0330. The van der Waals surface area contributed by atoms with E-state index in [0.717, 1.165) is 11.3 Å². The van der Waals surface area contributed by atoms with Crippen molar-refractivity contribution in [2.75, 3.05) is 20.2 Å². The summed E-state index contributed by atoms with van der Waals surface area (Å²) >= 11 is 0. The van der Waals surface area contributed by atoms with Crippen LogP contribution in [0.3, 0.4) is 0 Å². The van der Waals surface area contributed by atoms with Gasteiger partial charge in [-0.3, -0.25) is 14.6 Å². The fourth-order valence-corrected chi connectivity index (χ4v) is 5.08. The highest BCUT2D eigenvalue weighted by atomic mass is 16.5. The number of hydrogen-bond acceptors (Lipinski definition) is 7. The van der Waals surface area contributed by atoms with Crippen LogP contribution in [0.1, 0.15) is 32.1 Å². The number of methoxy groups -OCH3 is 1. The molecule has 2 amide bonds. The summed E-state index contributed by atoms with van der Waals surface area (Å²) in [5.41, 5.74) is 2.67. The van der Waals surface area contributed by atoms with Crippen LogP contribution in [0.2, 0.25) is 0 Å². The maximum Gasteiger partial charge on any atom is 0.272 e. The largest absolute Gasteiger partial charge is 0.481 e. The van der Waals surface area contributed by atoms with Crippen LogP contribution in [0, 0.1) is 6.92 Å². The van der Waals surface area contributed by atoms with Gasteiger partial charge in [0.1, 0.15) is 17.5 Å². The Bertz CT molecular complexity index is 1430. The molecule has 1 saturated heterocycles. The summed E-state index contributed by atoms with van der Waals surface area (Å²) in [6.07, 6.45) is 6.65. The van der Waals surface area contributed by atoms with Crippen molar-refractivity contribution >= 4 is 11.8 Å². The van der Waals surface area contributed by atoms with Crippen molar-refractivity contribution in [1.82, 2.24) is 29.5 Å². The molecule has 6 rings (SSSR count). The van der Waals surface area contributed by atoms with Gasteiger partial charge in [0.15, 0.2) is 5.66 Å². The number of hydrogen-bond donors (Lipinski definition) is 0. The molecule has 176 valence electrons. The van der Waals surface area contributed by atoms with E-state index in [1.54, 1.807) is 42.3 Å². The topological polar surface area (TPSA) is 107 Å². The van der Waals surface area contributed by atoms with Crippen molar-refractivity contribution in [1.29, 1.82) is 0 Å². The Labute approximate surface area is 200 Å². The number of ether oxygens (including phenoxy) is 1. The van der Waals surface area contributed by atoms with Gasteiger partial charge < -0.3 is 23.6 Å². The summed E-state index contributed by atoms with van der Waals surface area (Å²) in [6.45, 7) is 2.80. The second-order valence-corrected chi connectivity index (χ2v) is 8.59. The van der Waals surface area contributed by atoms with E-state index in [2.05, 4.69) is 15.1 Å². The van der Waals surface area contributed by atoms with Crippen LogP contribution < -0.4 is 4.74 Å². The number of fused-ring (bicyclic) bond motifs is 2. The fourth-order valence-electron chi connectivity index (χ4n) is 5.08. The molecule has 1 fully saturated rings.